The molecule has 0 unspecified atom stereocenters. The first-order chi connectivity index (χ1) is 9.83. The van der Waals surface area contributed by atoms with Gasteiger partial charge in [-0.05, 0) is 36.0 Å². The van der Waals surface area contributed by atoms with Crippen LogP contribution in [0.3, 0.4) is 0 Å². The lowest BCUT2D eigenvalue weighted by atomic mass is 10.2. The van der Waals surface area contributed by atoms with Crippen molar-refractivity contribution in [1.29, 1.82) is 0 Å². The monoisotopic (exact) mass is 294 g/mol. The number of aromatic nitrogens is 2. The van der Waals surface area contributed by atoms with E-state index in [4.69, 9.17) is 17.2 Å². The smallest absolute Gasteiger partial charge is 0.168 e. The summed E-state index contributed by atoms with van der Waals surface area (Å²) in [7, 11) is 0. The van der Waals surface area contributed by atoms with Crippen LogP contribution in [0, 0.1) is 3.95 Å². The molecule has 0 N–H and O–H groups in total. The van der Waals surface area contributed by atoms with Crippen molar-refractivity contribution in [2.75, 3.05) is 0 Å². The standard InChI is InChI=1S/C16H10N2S2/c19-16-18-13-9-5-4-8-12(13)17-15(18)14(20-16)10-11-6-2-1-3-7-11/h1-10H/b14-10+. The molecule has 0 atom stereocenters. The average Bonchev–Trinajstić information content (AvgIpc) is 2.99. The van der Waals surface area contributed by atoms with E-state index in [0.717, 1.165) is 25.2 Å². The van der Waals surface area contributed by atoms with Gasteiger partial charge in [0.25, 0.3) is 0 Å². The number of imidazole rings is 1. The van der Waals surface area contributed by atoms with Crippen LogP contribution in [-0.4, -0.2) is 9.38 Å². The Balaban J connectivity index is 2.11. The molecule has 2 nitrogen and oxygen atoms in total. The van der Waals surface area contributed by atoms with Crippen molar-refractivity contribution in [2.45, 2.75) is 0 Å². The fourth-order valence-corrected chi connectivity index (χ4v) is 3.70. The molecule has 0 fully saturated rings. The minimum Gasteiger partial charge on any atom is -0.273 e. The lowest BCUT2D eigenvalue weighted by Gasteiger charge is -1.88. The number of hydrogen-bond acceptors (Lipinski definition) is 3. The highest BCUT2D eigenvalue weighted by atomic mass is 32.1. The Morgan fingerprint density at radius 3 is 2.60 bits per heavy atom. The van der Waals surface area contributed by atoms with Crippen molar-refractivity contribution in [1.82, 2.24) is 9.38 Å². The van der Waals surface area contributed by atoms with Gasteiger partial charge in [0.15, 0.2) is 9.60 Å². The van der Waals surface area contributed by atoms with Crippen molar-refractivity contribution in [3.8, 4) is 0 Å². The summed E-state index contributed by atoms with van der Waals surface area (Å²) in [5.74, 6) is 0. The second kappa shape index (κ2) is 4.51. The third-order valence-corrected chi connectivity index (χ3v) is 4.57. The van der Waals surface area contributed by atoms with E-state index in [2.05, 4.69) is 28.7 Å². The topological polar surface area (TPSA) is 17.3 Å². The van der Waals surface area contributed by atoms with Gasteiger partial charge in [-0.25, -0.2) is 4.98 Å². The lowest BCUT2D eigenvalue weighted by molar-refractivity contribution is 1.26. The van der Waals surface area contributed by atoms with E-state index in [9.17, 15) is 0 Å². The van der Waals surface area contributed by atoms with Crippen molar-refractivity contribution >= 4 is 46.3 Å². The highest BCUT2D eigenvalue weighted by molar-refractivity contribution is 7.73. The molecular formula is C16H10N2S2. The maximum atomic E-state index is 5.49. The summed E-state index contributed by atoms with van der Waals surface area (Å²) in [6, 6.07) is 18.4. The molecule has 0 spiro atoms. The summed E-state index contributed by atoms with van der Waals surface area (Å²) in [5, 5.41) is 0. The van der Waals surface area contributed by atoms with E-state index in [-0.39, 0.29) is 0 Å². The molecular weight excluding hydrogens is 284 g/mol. The number of rotatable bonds is 1. The van der Waals surface area contributed by atoms with Crippen LogP contribution >= 0.6 is 23.6 Å². The third kappa shape index (κ3) is 1.77. The summed E-state index contributed by atoms with van der Waals surface area (Å²) < 4.78 is 4.01. The first-order valence-electron chi connectivity index (χ1n) is 6.30. The number of nitrogens with zero attached hydrogens (tertiary/aromatic N) is 2. The number of fused-ring (bicyclic) bond motifs is 3. The molecule has 0 aliphatic heterocycles. The molecule has 0 saturated heterocycles. The molecule has 2 heterocycles. The van der Waals surface area contributed by atoms with Crippen molar-refractivity contribution in [3.63, 3.8) is 0 Å². The predicted octanol–water partition coefficient (Wildman–Crippen LogP) is 3.83. The van der Waals surface area contributed by atoms with Gasteiger partial charge in [-0.2, -0.15) is 0 Å². The summed E-state index contributed by atoms with van der Waals surface area (Å²) in [6.45, 7) is 0. The van der Waals surface area contributed by atoms with Crippen LogP contribution in [0.25, 0.3) is 22.8 Å². The van der Waals surface area contributed by atoms with Crippen molar-refractivity contribution in [3.05, 3.63) is 68.6 Å². The van der Waals surface area contributed by atoms with E-state index in [0.29, 0.717) is 0 Å². The molecule has 0 aliphatic carbocycles. The fourth-order valence-electron chi connectivity index (χ4n) is 2.36. The Bertz CT molecular complexity index is 1010. The van der Waals surface area contributed by atoms with Crippen molar-refractivity contribution in [2.24, 2.45) is 0 Å². The van der Waals surface area contributed by atoms with Crippen LogP contribution in [0.1, 0.15) is 5.56 Å². The summed E-state index contributed by atoms with van der Waals surface area (Å²) in [6.07, 6.45) is 2.14. The van der Waals surface area contributed by atoms with E-state index < -0.39 is 0 Å². The highest BCUT2D eigenvalue weighted by Gasteiger charge is 2.08. The van der Waals surface area contributed by atoms with Crippen LogP contribution < -0.4 is 4.53 Å². The maximum absolute atomic E-state index is 5.49. The molecule has 0 bridgehead atoms. The van der Waals surface area contributed by atoms with Gasteiger partial charge in [0, 0.05) is 0 Å². The summed E-state index contributed by atoms with van der Waals surface area (Å²) in [4.78, 5) is 4.71. The van der Waals surface area contributed by atoms with Crippen LogP contribution in [0.5, 0.6) is 0 Å². The van der Waals surface area contributed by atoms with Gasteiger partial charge < -0.3 is 0 Å². The second-order valence-corrected chi connectivity index (χ2v) is 6.22. The molecule has 0 aliphatic rings. The SMILES string of the molecule is S=c1s/c(=C/c2ccccc2)c2nc3ccccc3n12. The molecule has 96 valence electrons. The number of benzene rings is 2. The molecule has 20 heavy (non-hydrogen) atoms. The predicted molar refractivity (Wildman–Crippen MR) is 86.6 cm³/mol. The Morgan fingerprint density at radius 2 is 1.75 bits per heavy atom. The highest BCUT2D eigenvalue weighted by Crippen LogP contribution is 2.17. The van der Waals surface area contributed by atoms with E-state index in [1.807, 2.05) is 36.4 Å². The van der Waals surface area contributed by atoms with E-state index in [1.165, 1.54) is 5.56 Å². The number of para-hydroxylation sites is 2. The van der Waals surface area contributed by atoms with Gasteiger partial charge in [0.1, 0.15) is 0 Å². The van der Waals surface area contributed by atoms with Gasteiger partial charge in [0.05, 0.1) is 15.6 Å². The largest absolute Gasteiger partial charge is 0.273 e. The molecule has 4 heteroatoms. The molecule has 4 aromatic rings. The minimum atomic E-state index is 0.843. The Morgan fingerprint density at radius 1 is 1.00 bits per heavy atom. The quantitative estimate of drug-likeness (QED) is 0.496. The zero-order valence-corrected chi connectivity index (χ0v) is 12.1. The summed E-state index contributed by atoms with van der Waals surface area (Å²) >= 11 is 7.10. The molecule has 2 aromatic heterocycles. The zero-order chi connectivity index (χ0) is 13.5. The number of thiazole rings is 1. The number of hydrogen-bond donors (Lipinski definition) is 0. The zero-order valence-electron chi connectivity index (χ0n) is 10.5. The lowest BCUT2D eigenvalue weighted by Crippen LogP contribution is -1.95. The molecule has 2 aromatic carbocycles. The second-order valence-electron chi connectivity index (χ2n) is 4.55. The average molecular weight is 294 g/mol. The summed E-state index contributed by atoms with van der Waals surface area (Å²) in [5.41, 5.74) is 4.18. The third-order valence-electron chi connectivity index (χ3n) is 3.26. The first-order valence-corrected chi connectivity index (χ1v) is 7.52. The molecule has 0 radical (unpaired) electrons. The van der Waals surface area contributed by atoms with Gasteiger partial charge >= 0.3 is 0 Å². The van der Waals surface area contributed by atoms with Gasteiger partial charge in [-0.3, -0.25) is 4.40 Å². The van der Waals surface area contributed by atoms with Gasteiger partial charge in [-0.1, -0.05) is 42.5 Å². The van der Waals surface area contributed by atoms with Crippen LogP contribution in [0.4, 0.5) is 0 Å². The van der Waals surface area contributed by atoms with E-state index >= 15 is 0 Å². The normalized spacial score (nSPS) is 12.5. The van der Waals surface area contributed by atoms with Gasteiger partial charge in [0.2, 0.25) is 0 Å². The molecule has 0 saturated carbocycles. The van der Waals surface area contributed by atoms with Crippen LogP contribution in [0.15, 0.2) is 54.6 Å². The molecule has 0 amide bonds. The van der Waals surface area contributed by atoms with Crippen LogP contribution in [-0.2, 0) is 0 Å². The first kappa shape index (κ1) is 11.8. The Hall–Kier alpha value is -2.04. The Labute approximate surface area is 124 Å². The fraction of sp³-hybridized carbons (Fsp3) is 0. The Kier molecular flexibility index (Phi) is 2.65. The molecule has 4 rings (SSSR count). The van der Waals surface area contributed by atoms with E-state index in [1.54, 1.807) is 11.3 Å². The van der Waals surface area contributed by atoms with Crippen molar-refractivity contribution < 1.29 is 0 Å². The van der Waals surface area contributed by atoms with Gasteiger partial charge in [-0.15, -0.1) is 11.3 Å². The van der Waals surface area contributed by atoms with Crippen LogP contribution in [0.2, 0.25) is 0 Å². The maximum Gasteiger partial charge on any atom is 0.168 e. The minimum absolute atomic E-state index is 0.843.